The first kappa shape index (κ1) is 30.0. The molecule has 10 heteroatoms. The highest BCUT2D eigenvalue weighted by molar-refractivity contribution is 6.32. The van der Waals surface area contributed by atoms with Gasteiger partial charge in [0, 0.05) is 29.0 Å². The molecule has 4 aromatic rings. The molecule has 1 aromatic heterocycles. The minimum absolute atomic E-state index is 0.0566. The predicted molar refractivity (Wildman–Crippen MR) is 168 cm³/mol. The van der Waals surface area contributed by atoms with E-state index in [4.69, 9.17) is 28.3 Å². The quantitative estimate of drug-likeness (QED) is 0.118. The van der Waals surface area contributed by atoms with Gasteiger partial charge in [-0.15, -0.1) is 0 Å². The maximum atomic E-state index is 14.5. The Morgan fingerprint density at radius 1 is 0.932 bits per heavy atom. The number of amides is 3. The number of ketones is 1. The molecule has 226 valence electrons. The van der Waals surface area contributed by atoms with Crippen LogP contribution in [0.5, 0.6) is 0 Å². The third-order valence-electron chi connectivity index (χ3n) is 8.62. The van der Waals surface area contributed by atoms with Crippen molar-refractivity contribution in [3.8, 4) is 16.9 Å². The van der Waals surface area contributed by atoms with Crippen LogP contribution < -0.4 is 10.6 Å². The first-order valence-corrected chi connectivity index (χ1v) is 15.6. The number of benzene rings is 3. The summed E-state index contributed by atoms with van der Waals surface area (Å²) in [5.74, 6) is -0.582. The summed E-state index contributed by atoms with van der Waals surface area (Å²) in [7, 11) is 0. The molecule has 2 fully saturated rings. The Morgan fingerprint density at radius 2 is 1.68 bits per heavy atom. The second-order valence-corrected chi connectivity index (χ2v) is 12.3. The molecule has 2 heterocycles. The third-order valence-corrected chi connectivity index (χ3v) is 9.19. The van der Waals surface area contributed by atoms with Crippen LogP contribution in [-0.2, 0) is 11.2 Å². The molecule has 0 radical (unpaired) electrons. The SMILES string of the molecule is O=C1NC(=O)C(Cc2c(C(=O)C[C@H]3CCCC(c4ccccc4F)CC3)nn(-c3ccccc3Cl)c2-c2ccc(Cl)cc2)N1. The monoisotopic (exact) mass is 632 g/mol. The van der Waals surface area contributed by atoms with Crippen molar-refractivity contribution in [2.24, 2.45) is 5.92 Å². The number of imide groups is 1. The summed E-state index contributed by atoms with van der Waals surface area (Å²) in [5.41, 5.74) is 3.40. The fourth-order valence-corrected chi connectivity index (χ4v) is 6.78. The minimum atomic E-state index is -0.872. The third kappa shape index (κ3) is 6.28. The standard InChI is InChI=1S/C34H31Cl2FN4O3/c35-23-16-14-22(15-17-23)32-25(19-28-33(43)39-34(44)38-28)31(40-41(32)29-11-4-2-9-26(29)36)30(42)18-20-6-5-7-21(13-12-20)24-8-1-3-10-27(24)37/h1-4,8-11,14-17,20-21,28H,5-7,12-13,18-19H2,(H2,38,39,43,44)/t20-,21?,28?/m0/s1. The van der Waals surface area contributed by atoms with Crippen molar-refractivity contribution in [2.45, 2.75) is 56.9 Å². The van der Waals surface area contributed by atoms with E-state index in [1.807, 2.05) is 42.5 Å². The molecule has 0 spiro atoms. The number of Topliss-reactive ketones (excluding diaryl/α,β-unsaturated/α-hetero) is 1. The van der Waals surface area contributed by atoms with E-state index in [-0.39, 0.29) is 42.0 Å². The number of rotatable bonds is 8. The Bertz CT molecular complexity index is 1720. The predicted octanol–water partition coefficient (Wildman–Crippen LogP) is 7.67. The number of hydrogen-bond donors (Lipinski definition) is 2. The largest absolute Gasteiger partial charge is 0.326 e. The molecule has 2 N–H and O–H groups in total. The topological polar surface area (TPSA) is 93.1 Å². The van der Waals surface area contributed by atoms with Crippen LogP contribution in [0.2, 0.25) is 10.0 Å². The lowest BCUT2D eigenvalue weighted by Crippen LogP contribution is -2.31. The molecular weight excluding hydrogens is 602 g/mol. The van der Waals surface area contributed by atoms with Gasteiger partial charge in [0.15, 0.2) is 5.78 Å². The number of aromatic nitrogens is 2. The fraction of sp³-hybridized carbons (Fsp3) is 0.294. The fourth-order valence-electron chi connectivity index (χ4n) is 6.44. The van der Waals surface area contributed by atoms with E-state index in [9.17, 15) is 18.8 Å². The van der Waals surface area contributed by atoms with Gasteiger partial charge in [-0.3, -0.25) is 14.9 Å². The van der Waals surface area contributed by atoms with Gasteiger partial charge in [0.2, 0.25) is 0 Å². The van der Waals surface area contributed by atoms with Crippen molar-refractivity contribution in [2.75, 3.05) is 0 Å². The zero-order chi connectivity index (χ0) is 30.8. The molecule has 2 aliphatic rings. The van der Waals surface area contributed by atoms with Crippen molar-refractivity contribution in [3.05, 3.63) is 105 Å². The van der Waals surface area contributed by atoms with Gasteiger partial charge in [-0.2, -0.15) is 5.10 Å². The lowest BCUT2D eigenvalue weighted by atomic mass is 9.89. The Morgan fingerprint density at radius 3 is 2.41 bits per heavy atom. The summed E-state index contributed by atoms with van der Waals surface area (Å²) in [5, 5.41) is 10.8. The number of carbonyl (C=O) groups is 3. The van der Waals surface area contributed by atoms with Crippen LogP contribution in [0.4, 0.5) is 9.18 Å². The molecule has 44 heavy (non-hydrogen) atoms. The molecule has 0 bridgehead atoms. The Balaban J connectivity index is 1.37. The Labute approximate surface area is 264 Å². The highest BCUT2D eigenvalue weighted by atomic mass is 35.5. The van der Waals surface area contributed by atoms with Gasteiger partial charge in [-0.1, -0.05) is 72.1 Å². The Kier molecular flexibility index (Phi) is 8.82. The summed E-state index contributed by atoms with van der Waals surface area (Å²) in [6.45, 7) is 0. The zero-order valence-electron chi connectivity index (χ0n) is 23.9. The molecule has 6 rings (SSSR count). The number of nitrogens with one attached hydrogen (secondary N) is 2. The normalized spacial score (nSPS) is 20.2. The van der Waals surface area contributed by atoms with Crippen LogP contribution >= 0.6 is 23.2 Å². The summed E-state index contributed by atoms with van der Waals surface area (Å²) in [6, 6.07) is 19.8. The highest BCUT2D eigenvalue weighted by Gasteiger charge is 2.35. The number of para-hydroxylation sites is 1. The first-order chi connectivity index (χ1) is 21.3. The zero-order valence-corrected chi connectivity index (χ0v) is 25.4. The number of urea groups is 1. The minimum Gasteiger partial charge on any atom is -0.326 e. The van der Waals surface area contributed by atoms with Gasteiger partial charge in [0.05, 0.1) is 16.4 Å². The van der Waals surface area contributed by atoms with E-state index in [0.717, 1.165) is 43.2 Å². The van der Waals surface area contributed by atoms with Crippen LogP contribution in [0.25, 0.3) is 16.9 Å². The van der Waals surface area contributed by atoms with Crippen molar-refractivity contribution in [1.82, 2.24) is 20.4 Å². The van der Waals surface area contributed by atoms with E-state index >= 15 is 0 Å². The maximum Gasteiger partial charge on any atom is 0.322 e. The van der Waals surface area contributed by atoms with E-state index in [1.54, 1.807) is 28.9 Å². The summed E-state index contributed by atoms with van der Waals surface area (Å²) in [6.07, 6.45) is 4.52. The molecular formula is C34H31Cl2FN4O3. The molecule has 1 aliphatic carbocycles. The van der Waals surface area contributed by atoms with Crippen LogP contribution in [0, 0.1) is 11.7 Å². The van der Waals surface area contributed by atoms with Crippen molar-refractivity contribution in [3.63, 3.8) is 0 Å². The molecule has 3 amide bonds. The molecule has 1 aliphatic heterocycles. The van der Waals surface area contributed by atoms with Gasteiger partial charge < -0.3 is 5.32 Å². The van der Waals surface area contributed by atoms with Crippen molar-refractivity contribution in [1.29, 1.82) is 0 Å². The van der Waals surface area contributed by atoms with Gasteiger partial charge >= 0.3 is 6.03 Å². The molecule has 7 nitrogen and oxygen atoms in total. The van der Waals surface area contributed by atoms with E-state index in [0.29, 0.717) is 27.0 Å². The van der Waals surface area contributed by atoms with Crippen LogP contribution in [0.3, 0.4) is 0 Å². The molecule has 3 atom stereocenters. The van der Waals surface area contributed by atoms with E-state index < -0.39 is 18.0 Å². The second kappa shape index (κ2) is 12.9. The van der Waals surface area contributed by atoms with Crippen molar-refractivity contribution >= 4 is 40.9 Å². The molecule has 3 aromatic carbocycles. The first-order valence-electron chi connectivity index (χ1n) is 14.8. The number of carbonyl (C=O) groups excluding carboxylic acids is 3. The second-order valence-electron chi connectivity index (χ2n) is 11.5. The summed E-state index contributed by atoms with van der Waals surface area (Å²) in [4.78, 5) is 38.8. The molecule has 1 saturated carbocycles. The number of halogens is 3. The summed E-state index contributed by atoms with van der Waals surface area (Å²) >= 11 is 12.8. The van der Waals surface area contributed by atoms with Gasteiger partial charge in [-0.05, 0) is 73.4 Å². The molecule has 1 saturated heterocycles. The average Bonchev–Trinajstić information content (AvgIpc) is 3.43. The van der Waals surface area contributed by atoms with Gasteiger partial charge in [0.25, 0.3) is 5.91 Å². The lowest BCUT2D eigenvalue weighted by molar-refractivity contribution is -0.120. The van der Waals surface area contributed by atoms with Crippen LogP contribution in [0.1, 0.15) is 66.1 Å². The van der Waals surface area contributed by atoms with Crippen molar-refractivity contribution < 1.29 is 18.8 Å². The average molecular weight is 634 g/mol. The van der Waals surface area contributed by atoms with E-state index in [2.05, 4.69) is 10.6 Å². The number of hydrogen-bond acceptors (Lipinski definition) is 4. The lowest BCUT2D eigenvalue weighted by Gasteiger charge is -2.16. The Hall–Kier alpha value is -4.01. The summed E-state index contributed by atoms with van der Waals surface area (Å²) < 4.78 is 16.2. The molecule has 2 unspecified atom stereocenters. The van der Waals surface area contributed by atoms with Gasteiger partial charge in [-0.25, -0.2) is 13.9 Å². The smallest absolute Gasteiger partial charge is 0.322 e. The van der Waals surface area contributed by atoms with Gasteiger partial charge in [0.1, 0.15) is 17.6 Å². The number of nitrogens with zero attached hydrogens (tertiary/aromatic N) is 2. The van der Waals surface area contributed by atoms with Crippen LogP contribution in [0.15, 0.2) is 72.8 Å². The maximum absolute atomic E-state index is 14.5. The highest BCUT2D eigenvalue weighted by Crippen LogP contribution is 2.38. The van der Waals surface area contributed by atoms with Crippen LogP contribution in [-0.4, -0.2) is 33.5 Å². The van der Waals surface area contributed by atoms with E-state index in [1.165, 1.54) is 6.07 Å².